The van der Waals surface area contributed by atoms with Crippen molar-refractivity contribution in [3.63, 3.8) is 0 Å². The summed E-state index contributed by atoms with van der Waals surface area (Å²) in [6, 6.07) is 6.51. The smallest absolute Gasteiger partial charge is 0.238 e. The summed E-state index contributed by atoms with van der Waals surface area (Å²) in [7, 11) is -3.70. The number of aliphatic imine (C=N–C) groups is 1. The van der Waals surface area contributed by atoms with Crippen LogP contribution in [0.15, 0.2) is 34.2 Å². The third-order valence-corrected chi connectivity index (χ3v) is 4.83. The molecule has 0 aromatic heterocycles. The number of rotatable bonds is 6. The number of hydrogen-bond acceptors (Lipinski definition) is 4. The van der Waals surface area contributed by atoms with Crippen LogP contribution in [0.2, 0.25) is 0 Å². The van der Waals surface area contributed by atoms with Crippen molar-refractivity contribution < 1.29 is 13.2 Å². The summed E-state index contributed by atoms with van der Waals surface area (Å²) in [6.07, 6.45) is 2.10. The number of primary sulfonamides is 1. The third-order valence-electron chi connectivity index (χ3n) is 3.92. The third kappa shape index (κ3) is 5.47. The fraction of sp³-hybridized carbons (Fsp3) is 0.562. The van der Waals surface area contributed by atoms with E-state index in [2.05, 4.69) is 22.5 Å². The lowest BCUT2D eigenvalue weighted by atomic mass is 10.0. The predicted molar refractivity (Wildman–Crippen MR) is 94.2 cm³/mol. The minimum atomic E-state index is -3.70. The number of hydrogen-bond donors (Lipinski definition) is 3. The van der Waals surface area contributed by atoms with Gasteiger partial charge >= 0.3 is 0 Å². The van der Waals surface area contributed by atoms with Gasteiger partial charge in [0.2, 0.25) is 10.0 Å². The highest BCUT2D eigenvalue weighted by molar-refractivity contribution is 7.89. The second-order valence-corrected chi connectivity index (χ2v) is 7.70. The van der Waals surface area contributed by atoms with Gasteiger partial charge in [-0.25, -0.2) is 18.5 Å². The lowest BCUT2D eigenvalue weighted by Crippen LogP contribution is -2.45. The van der Waals surface area contributed by atoms with Crippen LogP contribution in [0.4, 0.5) is 0 Å². The van der Waals surface area contributed by atoms with Crippen LogP contribution in [0.3, 0.4) is 0 Å². The molecule has 1 fully saturated rings. The molecule has 1 saturated heterocycles. The average Bonchev–Trinajstić information content (AvgIpc) is 2.97. The zero-order valence-corrected chi connectivity index (χ0v) is 15.0. The van der Waals surface area contributed by atoms with Gasteiger partial charge in [0.05, 0.1) is 17.0 Å². The molecule has 1 heterocycles. The zero-order chi connectivity index (χ0) is 17.6. The Hall–Kier alpha value is -1.64. The highest BCUT2D eigenvalue weighted by Crippen LogP contribution is 2.23. The highest BCUT2D eigenvalue weighted by Gasteiger charge is 2.29. The van der Waals surface area contributed by atoms with Gasteiger partial charge in [-0.3, -0.25) is 0 Å². The Morgan fingerprint density at radius 2 is 2.21 bits per heavy atom. The molecule has 0 spiro atoms. The number of nitrogens with two attached hydrogens (primary N) is 1. The second kappa shape index (κ2) is 7.96. The van der Waals surface area contributed by atoms with Gasteiger partial charge in [0.15, 0.2) is 5.96 Å². The molecule has 0 aliphatic carbocycles. The van der Waals surface area contributed by atoms with Crippen LogP contribution in [-0.4, -0.2) is 39.7 Å². The number of nitrogens with zero attached hydrogens (tertiary/aromatic N) is 1. The van der Waals surface area contributed by atoms with Crippen LogP contribution in [0.25, 0.3) is 0 Å². The Bertz CT molecular complexity index is 682. The van der Waals surface area contributed by atoms with E-state index in [1.54, 1.807) is 12.1 Å². The SMILES string of the molecule is CCNC(=NCc1cccc(S(N)(=O)=O)c1)NCC1(C)CCCO1. The van der Waals surface area contributed by atoms with Crippen molar-refractivity contribution >= 4 is 16.0 Å². The van der Waals surface area contributed by atoms with Gasteiger partial charge in [-0.05, 0) is 44.4 Å². The molecule has 0 radical (unpaired) electrons. The van der Waals surface area contributed by atoms with E-state index in [4.69, 9.17) is 9.88 Å². The van der Waals surface area contributed by atoms with E-state index in [9.17, 15) is 8.42 Å². The van der Waals surface area contributed by atoms with Gasteiger partial charge in [0.1, 0.15) is 0 Å². The Morgan fingerprint density at radius 3 is 2.83 bits per heavy atom. The molecule has 134 valence electrons. The predicted octanol–water partition coefficient (Wildman–Crippen LogP) is 0.958. The summed E-state index contributed by atoms with van der Waals surface area (Å²) in [5.74, 6) is 0.676. The molecule has 0 saturated carbocycles. The first-order valence-electron chi connectivity index (χ1n) is 8.10. The number of nitrogens with one attached hydrogen (secondary N) is 2. The summed E-state index contributed by atoms with van der Waals surface area (Å²) in [5, 5.41) is 11.6. The molecule has 7 nitrogen and oxygen atoms in total. The lowest BCUT2D eigenvalue weighted by molar-refractivity contribution is 0.0243. The Balaban J connectivity index is 2.02. The summed E-state index contributed by atoms with van der Waals surface area (Å²) in [4.78, 5) is 4.60. The minimum absolute atomic E-state index is 0.0972. The molecule has 1 aliphatic heterocycles. The van der Waals surface area contributed by atoms with Gasteiger partial charge < -0.3 is 15.4 Å². The molecule has 8 heteroatoms. The Morgan fingerprint density at radius 1 is 1.42 bits per heavy atom. The van der Waals surface area contributed by atoms with Crippen molar-refractivity contribution in [2.24, 2.45) is 10.1 Å². The van der Waals surface area contributed by atoms with E-state index in [1.165, 1.54) is 6.07 Å². The molecule has 4 N–H and O–H groups in total. The fourth-order valence-electron chi connectivity index (χ4n) is 2.58. The molecule has 1 aliphatic rings. The van der Waals surface area contributed by atoms with Crippen molar-refractivity contribution in [1.29, 1.82) is 0 Å². The normalized spacial score (nSPS) is 21.7. The number of ether oxygens (including phenoxy) is 1. The molecular weight excluding hydrogens is 328 g/mol. The zero-order valence-electron chi connectivity index (χ0n) is 14.2. The first kappa shape index (κ1) is 18.7. The van der Waals surface area contributed by atoms with Crippen molar-refractivity contribution in [3.05, 3.63) is 29.8 Å². The van der Waals surface area contributed by atoms with Gasteiger partial charge in [0, 0.05) is 19.7 Å². The van der Waals surface area contributed by atoms with E-state index in [0.717, 1.165) is 31.6 Å². The van der Waals surface area contributed by atoms with Crippen LogP contribution in [0.5, 0.6) is 0 Å². The summed E-state index contributed by atoms with van der Waals surface area (Å²) < 4.78 is 28.6. The number of guanidine groups is 1. The molecule has 1 atom stereocenters. The fourth-order valence-corrected chi connectivity index (χ4v) is 3.16. The molecule has 1 aromatic rings. The maximum absolute atomic E-state index is 11.4. The summed E-state index contributed by atoms with van der Waals surface area (Å²) in [6.45, 7) is 6.65. The van der Waals surface area contributed by atoms with Crippen LogP contribution >= 0.6 is 0 Å². The minimum Gasteiger partial charge on any atom is -0.373 e. The number of sulfonamides is 1. The topological polar surface area (TPSA) is 106 Å². The van der Waals surface area contributed by atoms with E-state index in [-0.39, 0.29) is 10.5 Å². The van der Waals surface area contributed by atoms with Gasteiger partial charge in [-0.1, -0.05) is 12.1 Å². The Labute approximate surface area is 143 Å². The maximum atomic E-state index is 11.4. The molecule has 0 bridgehead atoms. The van der Waals surface area contributed by atoms with Gasteiger partial charge in [-0.2, -0.15) is 0 Å². The second-order valence-electron chi connectivity index (χ2n) is 6.14. The van der Waals surface area contributed by atoms with E-state index in [0.29, 0.717) is 19.0 Å². The van der Waals surface area contributed by atoms with Crippen molar-refractivity contribution in [3.8, 4) is 0 Å². The highest BCUT2D eigenvalue weighted by atomic mass is 32.2. The van der Waals surface area contributed by atoms with Gasteiger partial charge in [0.25, 0.3) is 0 Å². The van der Waals surface area contributed by atoms with Crippen molar-refractivity contribution in [2.75, 3.05) is 19.7 Å². The van der Waals surface area contributed by atoms with Crippen LogP contribution in [0, 0.1) is 0 Å². The van der Waals surface area contributed by atoms with Gasteiger partial charge in [-0.15, -0.1) is 0 Å². The molecule has 1 aromatic carbocycles. The van der Waals surface area contributed by atoms with Crippen LogP contribution in [0.1, 0.15) is 32.3 Å². The van der Waals surface area contributed by atoms with Crippen molar-refractivity contribution in [1.82, 2.24) is 10.6 Å². The molecule has 0 amide bonds. The Kier molecular flexibility index (Phi) is 6.20. The van der Waals surface area contributed by atoms with Crippen molar-refractivity contribution in [2.45, 2.75) is 43.7 Å². The largest absolute Gasteiger partial charge is 0.373 e. The first-order chi connectivity index (χ1) is 11.3. The number of benzene rings is 1. The first-order valence-corrected chi connectivity index (χ1v) is 9.65. The summed E-state index contributed by atoms with van der Waals surface area (Å²) >= 11 is 0. The van der Waals surface area contributed by atoms with Crippen LogP contribution < -0.4 is 15.8 Å². The van der Waals surface area contributed by atoms with E-state index >= 15 is 0 Å². The monoisotopic (exact) mass is 354 g/mol. The van der Waals surface area contributed by atoms with Crippen LogP contribution in [-0.2, 0) is 21.3 Å². The average molecular weight is 354 g/mol. The summed E-state index contributed by atoms with van der Waals surface area (Å²) in [5.41, 5.74) is 0.617. The molecule has 1 unspecified atom stereocenters. The standard InChI is InChI=1S/C16H26N4O3S/c1-3-18-15(20-12-16(2)8-5-9-23-16)19-11-13-6-4-7-14(10-13)24(17,21)22/h4,6-7,10H,3,5,8-9,11-12H2,1-2H3,(H2,17,21,22)(H2,18,19,20). The molecular formula is C16H26N4O3S. The maximum Gasteiger partial charge on any atom is 0.238 e. The lowest BCUT2D eigenvalue weighted by Gasteiger charge is -2.24. The van der Waals surface area contributed by atoms with E-state index < -0.39 is 10.0 Å². The quantitative estimate of drug-likeness (QED) is 0.521. The molecule has 2 rings (SSSR count). The van der Waals surface area contributed by atoms with E-state index in [1.807, 2.05) is 13.0 Å². The molecule has 24 heavy (non-hydrogen) atoms.